The van der Waals surface area contributed by atoms with E-state index in [9.17, 15) is 9.59 Å². The van der Waals surface area contributed by atoms with Crippen molar-refractivity contribution in [2.45, 2.75) is 32.6 Å². The minimum atomic E-state index is -0.794. The summed E-state index contributed by atoms with van der Waals surface area (Å²) < 4.78 is 0. The molecule has 6 heteroatoms. The normalized spacial score (nSPS) is 10.7. The number of nitrogens with one attached hydrogen (secondary N) is 2. The van der Waals surface area contributed by atoms with Gasteiger partial charge in [-0.05, 0) is 31.9 Å². The number of hydrogen-bond acceptors (Lipinski definition) is 4. The molecule has 1 rings (SSSR count). The summed E-state index contributed by atoms with van der Waals surface area (Å²) in [5.74, 6) is -1.26. The standard InChI is InChI=1S/C17H21N3O3/c1-13-6-8-15(9-7-13)20-17(23)14(11-18)12-19-10-4-2-3-5-16(21)22/h6-9,12,19H,2-5,10H2,1H3,(H,20,23)(H,21,22)/b14-12-. The van der Waals surface area contributed by atoms with E-state index in [1.54, 1.807) is 12.1 Å². The van der Waals surface area contributed by atoms with Crippen molar-refractivity contribution in [3.8, 4) is 6.07 Å². The highest BCUT2D eigenvalue weighted by molar-refractivity contribution is 6.06. The van der Waals surface area contributed by atoms with Crippen molar-refractivity contribution < 1.29 is 14.7 Å². The Morgan fingerprint density at radius 1 is 1.22 bits per heavy atom. The van der Waals surface area contributed by atoms with Gasteiger partial charge in [0.05, 0.1) is 0 Å². The number of anilines is 1. The minimum Gasteiger partial charge on any atom is -0.481 e. The van der Waals surface area contributed by atoms with Crippen LogP contribution in [0.4, 0.5) is 5.69 Å². The van der Waals surface area contributed by atoms with E-state index in [0.717, 1.165) is 18.4 Å². The number of aryl methyl sites for hydroxylation is 1. The highest BCUT2D eigenvalue weighted by Crippen LogP contribution is 2.09. The predicted molar refractivity (Wildman–Crippen MR) is 87.6 cm³/mol. The van der Waals surface area contributed by atoms with Gasteiger partial charge in [-0.25, -0.2) is 0 Å². The number of nitrogens with zero attached hydrogens (tertiary/aromatic N) is 1. The van der Waals surface area contributed by atoms with Crippen LogP contribution in [-0.4, -0.2) is 23.5 Å². The van der Waals surface area contributed by atoms with Crippen molar-refractivity contribution in [2.75, 3.05) is 11.9 Å². The first kappa shape index (κ1) is 18.2. The predicted octanol–water partition coefficient (Wildman–Crippen LogP) is 2.58. The number of carboxylic acids is 1. The van der Waals surface area contributed by atoms with Crippen LogP contribution >= 0.6 is 0 Å². The molecule has 3 N–H and O–H groups in total. The fourth-order valence-corrected chi connectivity index (χ4v) is 1.84. The first-order valence-electron chi connectivity index (χ1n) is 7.46. The number of hydrogen-bond donors (Lipinski definition) is 3. The molecular formula is C17H21N3O3. The lowest BCUT2D eigenvalue weighted by molar-refractivity contribution is -0.137. The Balaban J connectivity index is 2.36. The maximum absolute atomic E-state index is 12.0. The van der Waals surface area contributed by atoms with Crippen molar-refractivity contribution in [3.05, 3.63) is 41.6 Å². The largest absolute Gasteiger partial charge is 0.481 e. The fraction of sp³-hybridized carbons (Fsp3) is 0.353. The highest BCUT2D eigenvalue weighted by Gasteiger charge is 2.08. The van der Waals surface area contributed by atoms with Crippen LogP contribution in [0.2, 0.25) is 0 Å². The molecule has 0 atom stereocenters. The van der Waals surface area contributed by atoms with Crippen LogP contribution in [0.3, 0.4) is 0 Å². The van der Waals surface area contributed by atoms with Gasteiger partial charge in [0.2, 0.25) is 0 Å². The molecule has 1 aromatic rings. The third-order valence-electron chi connectivity index (χ3n) is 3.13. The molecule has 0 heterocycles. The van der Waals surface area contributed by atoms with Crippen LogP contribution in [0, 0.1) is 18.3 Å². The lowest BCUT2D eigenvalue weighted by Crippen LogP contribution is -2.17. The van der Waals surface area contributed by atoms with E-state index in [-0.39, 0.29) is 12.0 Å². The number of carbonyl (C=O) groups is 2. The summed E-state index contributed by atoms with van der Waals surface area (Å²) in [7, 11) is 0. The van der Waals surface area contributed by atoms with E-state index in [1.807, 2.05) is 25.1 Å². The molecule has 0 spiro atoms. The average Bonchev–Trinajstić information content (AvgIpc) is 2.52. The number of nitriles is 1. The molecule has 23 heavy (non-hydrogen) atoms. The van der Waals surface area contributed by atoms with Gasteiger partial charge >= 0.3 is 5.97 Å². The Morgan fingerprint density at radius 3 is 2.52 bits per heavy atom. The van der Waals surface area contributed by atoms with E-state index in [4.69, 9.17) is 10.4 Å². The van der Waals surface area contributed by atoms with Gasteiger partial charge in [-0.1, -0.05) is 24.1 Å². The van der Waals surface area contributed by atoms with Crippen LogP contribution in [0.25, 0.3) is 0 Å². The smallest absolute Gasteiger partial charge is 0.303 e. The number of benzene rings is 1. The van der Waals surface area contributed by atoms with Crippen LogP contribution in [0.1, 0.15) is 31.2 Å². The lowest BCUT2D eigenvalue weighted by Gasteiger charge is -2.05. The van der Waals surface area contributed by atoms with Gasteiger partial charge in [0.1, 0.15) is 11.6 Å². The average molecular weight is 315 g/mol. The Labute approximate surface area is 135 Å². The van der Waals surface area contributed by atoms with Gasteiger partial charge in [0.25, 0.3) is 5.91 Å². The summed E-state index contributed by atoms with van der Waals surface area (Å²) >= 11 is 0. The Morgan fingerprint density at radius 2 is 1.91 bits per heavy atom. The lowest BCUT2D eigenvalue weighted by atomic mass is 10.2. The summed E-state index contributed by atoms with van der Waals surface area (Å²) in [4.78, 5) is 22.3. The number of rotatable bonds is 9. The maximum atomic E-state index is 12.0. The molecule has 0 radical (unpaired) electrons. The quantitative estimate of drug-likeness (QED) is 0.369. The second-order valence-electron chi connectivity index (χ2n) is 5.15. The monoisotopic (exact) mass is 315 g/mol. The second kappa shape index (κ2) is 10.0. The molecule has 0 unspecified atom stereocenters. The molecule has 0 aliphatic heterocycles. The van der Waals surface area contributed by atoms with Gasteiger partial charge in [0.15, 0.2) is 0 Å². The Hall–Kier alpha value is -2.81. The minimum absolute atomic E-state index is 0.00360. The number of aliphatic carboxylic acids is 1. The molecule has 0 fully saturated rings. The third kappa shape index (κ3) is 7.67. The van der Waals surface area contributed by atoms with Gasteiger partial charge in [-0.15, -0.1) is 0 Å². The SMILES string of the molecule is Cc1ccc(NC(=O)/C(C#N)=C\NCCCCCC(=O)O)cc1. The van der Waals surface area contributed by atoms with Crippen LogP contribution in [-0.2, 0) is 9.59 Å². The summed E-state index contributed by atoms with van der Waals surface area (Å²) in [6, 6.07) is 9.16. The molecule has 1 aromatic carbocycles. The van der Waals surface area contributed by atoms with Crippen molar-refractivity contribution in [1.82, 2.24) is 5.32 Å². The number of amides is 1. The number of carbonyl (C=O) groups excluding carboxylic acids is 1. The maximum Gasteiger partial charge on any atom is 0.303 e. The van der Waals surface area contributed by atoms with E-state index < -0.39 is 11.9 Å². The molecule has 0 aliphatic rings. The first-order chi connectivity index (χ1) is 11.0. The molecule has 0 aromatic heterocycles. The molecular weight excluding hydrogens is 294 g/mol. The summed E-state index contributed by atoms with van der Waals surface area (Å²) in [5, 5.41) is 23.1. The molecule has 0 aliphatic carbocycles. The van der Waals surface area contributed by atoms with Crippen molar-refractivity contribution in [3.63, 3.8) is 0 Å². The van der Waals surface area contributed by atoms with Gasteiger partial charge in [-0.2, -0.15) is 5.26 Å². The van der Waals surface area contributed by atoms with Crippen molar-refractivity contribution in [2.24, 2.45) is 0 Å². The number of unbranched alkanes of at least 4 members (excludes halogenated alkanes) is 2. The van der Waals surface area contributed by atoms with E-state index in [1.165, 1.54) is 6.20 Å². The van der Waals surface area contributed by atoms with Gasteiger partial charge < -0.3 is 15.7 Å². The molecule has 122 valence electrons. The molecule has 0 bridgehead atoms. The van der Waals surface area contributed by atoms with Crippen LogP contribution in [0.15, 0.2) is 36.0 Å². The van der Waals surface area contributed by atoms with E-state index in [0.29, 0.717) is 18.7 Å². The van der Waals surface area contributed by atoms with Gasteiger partial charge in [0, 0.05) is 24.9 Å². The van der Waals surface area contributed by atoms with Gasteiger partial charge in [-0.3, -0.25) is 9.59 Å². The molecule has 6 nitrogen and oxygen atoms in total. The summed E-state index contributed by atoms with van der Waals surface area (Å²) in [5.41, 5.74) is 1.72. The second-order valence-corrected chi connectivity index (χ2v) is 5.15. The molecule has 0 saturated carbocycles. The summed E-state index contributed by atoms with van der Waals surface area (Å²) in [6.07, 6.45) is 3.74. The summed E-state index contributed by atoms with van der Waals surface area (Å²) in [6.45, 7) is 2.54. The molecule has 1 amide bonds. The van der Waals surface area contributed by atoms with Crippen LogP contribution < -0.4 is 10.6 Å². The van der Waals surface area contributed by atoms with E-state index in [2.05, 4.69) is 10.6 Å². The zero-order valence-corrected chi connectivity index (χ0v) is 13.1. The first-order valence-corrected chi connectivity index (χ1v) is 7.46. The molecule has 0 saturated heterocycles. The topological polar surface area (TPSA) is 102 Å². The van der Waals surface area contributed by atoms with Crippen molar-refractivity contribution in [1.29, 1.82) is 5.26 Å². The highest BCUT2D eigenvalue weighted by atomic mass is 16.4. The number of carboxylic acid groups (broad SMARTS) is 1. The zero-order chi connectivity index (χ0) is 17.1. The Bertz CT molecular complexity index is 601. The third-order valence-corrected chi connectivity index (χ3v) is 3.13. The zero-order valence-electron chi connectivity index (χ0n) is 13.1. The fourth-order valence-electron chi connectivity index (χ4n) is 1.84. The van der Waals surface area contributed by atoms with E-state index >= 15 is 0 Å². The van der Waals surface area contributed by atoms with Crippen LogP contribution in [0.5, 0.6) is 0 Å². The van der Waals surface area contributed by atoms with Crippen molar-refractivity contribution >= 4 is 17.6 Å². The Kier molecular flexibility index (Phi) is 7.94.